The van der Waals surface area contributed by atoms with E-state index in [0.717, 1.165) is 0 Å². The molecule has 0 saturated heterocycles. The molecule has 0 fully saturated rings. The van der Waals surface area contributed by atoms with Crippen molar-refractivity contribution in [2.45, 2.75) is 19.8 Å². The maximum atomic E-state index is 2.37. The smallest absolute Gasteiger partial charge is 0.00329 e. The highest BCUT2D eigenvalue weighted by Gasteiger charge is 2.24. The number of fused-ring (bicyclic) bond motifs is 3. The van der Waals surface area contributed by atoms with Gasteiger partial charge in [0.2, 0.25) is 0 Å². The Bertz CT molecular complexity index is 1050. The SMILES string of the molecule is CC1=Cc2ccc3cccc4c5c(c(c2c34)C1C)C=CC=5. The largest absolute Gasteiger partial charge is 0.0654 e. The maximum absolute atomic E-state index is 2.37. The zero-order valence-corrected chi connectivity index (χ0v) is 12.3. The maximum Gasteiger partial charge on any atom is 0.00329 e. The molecule has 3 aromatic carbocycles. The van der Waals surface area contributed by atoms with Crippen LogP contribution in [0.3, 0.4) is 0 Å². The van der Waals surface area contributed by atoms with Crippen LogP contribution in [0.4, 0.5) is 0 Å². The highest BCUT2D eigenvalue weighted by Crippen LogP contribution is 2.43. The third kappa shape index (κ3) is 1.26. The molecule has 0 N–H and O–H groups in total. The molecule has 1 unspecified atom stereocenters. The van der Waals surface area contributed by atoms with E-state index >= 15 is 0 Å². The van der Waals surface area contributed by atoms with Gasteiger partial charge in [0.05, 0.1) is 0 Å². The number of benzene rings is 3. The van der Waals surface area contributed by atoms with Gasteiger partial charge in [-0.25, -0.2) is 0 Å². The summed E-state index contributed by atoms with van der Waals surface area (Å²) < 4.78 is 0. The number of rotatable bonds is 0. The van der Waals surface area contributed by atoms with Crippen LogP contribution in [0.15, 0.2) is 42.0 Å². The van der Waals surface area contributed by atoms with Gasteiger partial charge < -0.3 is 0 Å². The first-order valence-corrected chi connectivity index (χ1v) is 7.63. The van der Waals surface area contributed by atoms with Crippen LogP contribution in [0.1, 0.15) is 36.5 Å². The molecule has 0 nitrogen and oxygen atoms in total. The van der Waals surface area contributed by atoms with Gasteiger partial charge in [-0.3, -0.25) is 0 Å². The highest BCUT2D eigenvalue weighted by atomic mass is 14.3. The fraction of sp³-hybridized carbons (Fsp3) is 0.143. The van der Waals surface area contributed by atoms with Crippen LogP contribution in [0.25, 0.3) is 39.8 Å². The normalized spacial score (nSPS) is 19.0. The van der Waals surface area contributed by atoms with E-state index in [0.29, 0.717) is 5.92 Å². The quantitative estimate of drug-likeness (QED) is 0.536. The van der Waals surface area contributed by atoms with E-state index < -0.39 is 0 Å². The first-order chi connectivity index (χ1) is 10.3. The Morgan fingerprint density at radius 1 is 1.00 bits per heavy atom. The van der Waals surface area contributed by atoms with Crippen molar-refractivity contribution in [2.75, 3.05) is 0 Å². The molecular weight excluding hydrogens is 252 g/mol. The molecule has 0 aromatic heterocycles. The lowest BCUT2D eigenvalue weighted by atomic mass is 9.78. The van der Waals surface area contributed by atoms with Gasteiger partial charge in [-0.15, -0.1) is 0 Å². The van der Waals surface area contributed by atoms with Crippen molar-refractivity contribution >= 4 is 39.8 Å². The summed E-state index contributed by atoms with van der Waals surface area (Å²) in [5.74, 6) is 0.498. The fourth-order valence-corrected chi connectivity index (χ4v) is 4.10. The van der Waals surface area contributed by atoms with E-state index in [9.17, 15) is 0 Å². The standard InChI is InChI=1S/C21H16/c1-12-11-15-10-9-14-5-3-7-18-16-6-4-8-17(16)19(13(12)2)21(15)20(14)18/h3-11,13H,1-2H3. The summed E-state index contributed by atoms with van der Waals surface area (Å²) in [4.78, 5) is 0. The molecule has 2 aliphatic carbocycles. The Labute approximate surface area is 124 Å². The molecule has 5 rings (SSSR count). The minimum atomic E-state index is 0.498. The summed E-state index contributed by atoms with van der Waals surface area (Å²) in [5, 5.41) is 7.07. The number of hydrogen-bond donors (Lipinski definition) is 0. The van der Waals surface area contributed by atoms with Crippen molar-refractivity contribution < 1.29 is 0 Å². The van der Waals surface area contributed by atoms with Gasteiger partial charge in [-0.1, -0.05) is 67.1 Å². The second kappa shape index (κ2) is 3.65. The minimum absolute atomic E-state index is 0.498. The molecule has 0 heteroatoms. The van der Waals surface area contributed by atoms with Crippen LogP contribution >= 0.6 is 0 Å². The van der Waals surface area contributed by atoms with E-state index in [-0.39, 0.29) is 0 Å². The van der Waals surface area contributed by atoms with Crippen LogP contribution in [0, 0.1) is 0 Å². The Morgan fingerprint density at radius 2 is 1.90 bits per heavy atom. The van der Waals surface area contributed by atoms with Gasteiger partial charge in [0.1, 0.15) is 0 Å². The third-order valence-electron chi connectivity index (χ3n) is 5.24. The average molecular weight is 268 g/mol. The van der Waals surface area contributed by atoms with Crippen molar-refractivity contribution in [3.05, 3.63) is 63.9 Å². The highest BCUT2D eigenvalue weighted by molar-refractivity contribution is 6.17. The topological polar surface area (TPSA) is 0 Å². The lowest BCUT2D eigenvalue weighted by Gasteiger charge is -2.26. The molecule has 0 spiro atoms. The Morgan fingerprint density at radius 3 is 2.81 bits per heavy atom. The van der Waals surface area contributed by atoms with Gasteiger partial charge in [0.25, 0.3) is 0 Å². The fourth-order valence-electron chi connectivity index (χ4n) is 4.10. The molecule has 3 aromatic rings. The molecule has 0 aliphatic heterocycles. The molecule has 0 saturated carbocycles. The van der Waals surface area contributed by atoms with Crippen molar-refractivity contribution in [2.24, 2.45) is 0 Å². The molecule has 0 bridgehead atoms. The van der Waals surface area contributed by atoms with Gasteiger partial charge in [-0.05, 0) is 50.4 Å². The Balaban J connectivity index is 2.19. The summed E-state index contributed by atoms with van der Waals surface area (Å²) in [7, 11) is 0. The van der Waals surface area contributed by atoms with E-state index in [1.165, 1.54) is 49.0 Å². The Hall–Kier alpha value is -2.34. The second-order valence-corrected chi connectivity index (χ2v) is 6.31. The third-order valence-corrected chi connectivity index (χ3v) is 5.24. The summed E-state index contributed by atoms with van der Waals surface area (Å²) >= 11 is 0. The van der Waals surface area contributed by atoms with Crippen LogP contribution < -0.4 is 5.22 Å². The average Bonchev–Trinajstić information content (AvgIpc) is 2.98. The molecule has 1 atom stereocenters. The lowest BCUT2D eigenvalue weighted by molar-refractivity contribution is 0.902. The predicted octanol–water partition coefficient (Wildman–Crippen LogP) is 5.04. The molecule has 100 valence electrons. The second-order valence-electron chi connectivity index (χ2n) is 6.31. The first kappa shape index (κ1) is 11.3. The molecule has 21 heavy (non-hydrogen) atoms. The van der Waals surface area contributed by atoms with Gasteiger partial charge in [0.15, 0.2) is 0 Å². The molecule has 0 heterocycles. The first-order valence-electron chi connectivity index (χ1n) is 7.63. The zero-order valence-electron chi connectivity index (χ0n) is 12.3. The molecule has 0 amide bonds. The summed E-state index contributed by atoms with van der Waals surface area (Å²) in [5.41, 5.74) is 5.80. The molecule has 0 radical (unpaired) electrons. The number of allylic oxidation sites excluding steroid dienone is 2. The molecular formula is C21H16. The Kier molecular flexibility index (Phi) is 1.97. The summed E-state index contributed by atoms with van der Waals surface area (Å²) in [6.45, 7) is 4.60. The predicted molar refractivity (Wildman–Crippen MR) is 92.2 cm³/mol. The van der Waals surface area contributed by atoms with E-state index in [1.54, 1.807) is 0 Å². The summed E-state index contributed by atoms with van der Waals surface area (Å²) in [6, 6.07) is 11.2. The van der Waals surface area contributed by atoms with E-state index in [4.69, 9.17) is 0 Å². The van der Waals surface area contributed by atoms with Gasteiger partial charge >= 0.3 is 0 Å². The van der Waals surface area contributed by atoms with Crippen LogP contribution in [-0.4, -0.2) is 0 Å². The zero-order chi connectivity index (χ0) is 14.1. The van der Waals surface area contributed by atoms with Crippen LogP contribution in [0.5, 0.6) is 0 Å². The number of hydrogen-bond acceptors (Lipinski definition) is 0. The van der Waals surface area contributed by atoms with Crippen molar-refractivity contribution in [3.63, 3.8) is 0 Å². The van der Waals surface area contributed by atoms with Crippen molar-refractivity contribution in [1.29, 1.82) is 0 Å². The monoisotopic (exact) mass is 268 g/mol. The van der Waals surface area contributed by atoms with Crippen molar-refractivity contribution in [1.82, 2.24) is 0 Å². The van der Waals surface area contributed by atoms with Crippen LogP contribution in [-0.2, 0) is 0 Å². The van der Waals surface area contributed by atoms with E-state index in [1.807, 2.05) is 0 Å². The van der Waals surface area contributed by atoms with Crippen LogP contribution in [0.2, 0.25) is 0 Å². The summed E-state index contributed by atoms with van der Waals surface area (Å²) in [6.07, 6.45) is 9.13. The molecule has 2 aliphatic rings. The van der Waals surface area contributed by atoms with E-state index in [2.05, 4.69) is 68.5 Å². The van der Waals surface area contributed by atoms with Gasteiger partial charge in [0, 0.05) is 5.92 Å². The van der Waals surface area contributed by atoms with Crippen molar-refractivity contribution in [3.8, 4) is 0 Å². The minimum Gasteiger partial charge on any atom is -0.0654 e. The lowest BCUT2D eigenvalue weighted by Crippen LogP contribution is -2.14. The van der Waals surface area contributed by atoms with Gasteiger partial charge in [-0.2, -0.15) is 0 Å².